The molecule has 1 saturated heterocycles. The van der Waals surface area contributed by atoms with Crippen molar-refractivity contribution in [2.45, 2.75) is 6.54 Å². The Morgan fingerprint density at radius 3 is 2.69 bits per heavy atom. The van der Waals surface area contributed by atoms with Crippen molar-refractivity contribution in [2.75, 3.05) is 33.3 Å². The van der Waals surface area contributed by atoms with Gasteiger partial charge in [0.25, 0.3) is 5.91 Å². The number of nitrogens with zero attached hydrogens (tertiary/aromatic N) is 3. The van der Waals surface area contributed by atoms with Crippen LogP contribution in [0.15, 0.2) is 58.4 Å². The fourth-order valence-electron chi connectivity index (χ4n) is 3.40. The summed E-state index contributed by atoms with van der Waals surface area (Å²) >= 11 is 5.11. The molecule has 4 rings (SSSR count). The first kappa shape index (κ1) is 20.1. The Kier molecular flexibility index (Phi) is 6.28. The molecule has 0 saturated carbocycles. The van der Waals surface area contributed by atoms with Crippen molar-refractivity contribution in [3.05, 3.63) is 69.0 Å². The number of benzene rings is 2. The summed E-state index contributed by atoms with van der Waals surface area (Å²) in [5, 5.41) is 3.19. The minimum absolute atomic E-state index is 0.0977. The molecule has 5 nitrogen and oxygen atoms in total. The number of rotatable bonds is 5. The second-order valence-corrected chi connectivity index (χ2v) is 8.80. The van der Waals surface area contributed by atoms with Gasteiger partial charge in [-0.05, 0) is 30.3 Å². The highest BCUT2D eigenvalue weighted by Crippen LogP contribution is 2.26. The van der Waals surface area contributed by atoms with Crippen molar-refractivity contribution >= 4 is 33.2 Å². The van der Waals surface area contributed by atoms with E-state index in [0.717, 1.165) is 64.8 Å². The summed E-state index contributed by atoms with van der Waals surface area (Å²) in [6.07, 6.45) is 0. The molecule has 0 aliphatic carbocycles. The predicted molar refractivity (Wildman–Crippen MR) is 119 cm³/mol. The molecule has 0 radical (unpaired) electrons. The Balaban J connectivity index is 1.34. The molecule has 0 spiro atoms. The van der Waals surface area contributed by atoms with Crippen LogP contribution in [0.25, 0.3) is 11.3 Å². The van der Waals surface area contributed by atoms with Crippen LogP contribution >= 0.6 is 27.3 Å². The standard InChI is InChI=1S/C22H22BrN3O2S/c1-28-19-7-3-4-16(13-19)20-15-29-21(24-20)14-25-8-10-26(11-9-25)22(27)17-5-2-6-18(23)12-17/h2-7,12-13,15H,8-11,14H2,1H3. The molecule has 29 heavy (non-hydrogen) atoms. The van der Waals surface area contributed by atoms with Gasteiger partial charge in [-0.15, -0.1) is 11.3 Å². The zero-order valence-corrected chi connectivity index (χ0v) is 18.6. The molecule has 7 heteroatoms. The predicted octanol–water partition coefficient (Wildman–Crippen LogP) is 4.54. The molecule has 0 unspecified atom stereocenters. The summed E-state index contributed by atoms with van der Waals surface area (Å²) in [7, 11) is 1.67. The molecule has 0 N–H and O–H groups in total. The molecule has 0 bridgehead atoms. The highest BCUT2D eigenvalue weighted by molar-refractivity contribution is 9.10. The van der Waals surface area contributed by atoms with Gasteiger partial charge in [0.05, 0.1) is 19.3 Å². The number of carbonyl (C=O) groups excluding carboxylic acids is 1. The average molecular weight is 472 g/mol. The van der Waals surface area contributed by atoms with Gasteiger partial charge in [-0.1, -0.05) is 34.1 Å². The summed E-state index contributed by atoms with van der Waals surface area (Å²) in [6.45, 7) is 3.99. The van der Waals surface area contributed by atoms with Crippen molar-refractivity contribution in [3.63, 3.8) is 0 Å². The highest BCUT2D eigenvalue weighted by atomic mass is 79.9. The number of amides is 1. The average Bonchev–Trinajstić information content (AvgIpc) is 3.22. The van der Waals surface area contributed by atoms with Crippen LogP contribution in [0.4, 0.5) is 0 Å². The number of hydrogen-bond donors (Lipinski definition) is 0. The van der Waals surface area contributed by atoms with E-state index in [9.17, 15) is 4.79 Å². The summed E-state index contributed by atoms with van der Waals surface area (Å²) in [5.41, 5.74) is 2.78. The minimum atomic E-state index is 0.0977. The van der Waals surface area contributed by atoms with Gasteiger partial charge >= 0.3 is 0 Å². The fourth-order valence-corrected chi connectivity index (χ4v) is 4.65. The Morgan fingerprint density at radius 2 is 1.93 bits per heavy atom. The minimum Gasteiger partial charge on any atom is -0.497 e. The van der Waals surface area contributed by atoms with Crippen molar-refractivity contribution in [3.8, 4) is 17.0 Å². The Morgan fingerprint density at radius 1 is 1.14 bits per heavy atom. The number of methoxy groups -OCH3 is 1. The highest BCUT2D eigenvalue weighted by Gasteiger charge is 2.23. The van der Waals surface area contributed by atoms with E-state index in [1.807, 2.05) is 53.4 Å². The second kappa shape index (κ2) is 9.07. The molecule has 2 aromatic carbocycles. The van der Waals surface area contributed by atoms with Crippen LogP contribution < -0.4 is 4.74 Å². The van der Waals surface area contributed by atoms with Crippen LogP contribution in [-0.4, -0.2) is 54.0 Å². The van der Waals surface area contributed by atoms with Gasteiger partial charge in [-0.2, -0.15) is 0 Å². The van der Waals surface area contributed by atoms with Crippen LogP contribution in [-0.2, 0) is 6.54 Å². The van der Waals surface area contributed by atoms with Gasteiger partial charge in [0.2, 0.25) is 0 Å². The number of ether oxygens (including phenoxy) is 1. The summed E-state index contributed by atoms with van der Waals surface area (Å²) in [6, 6.07) is 15.6. The maximum atomic E-state index is 12.7. The molecule has 0 atom stereocenters. The first-order valence-corrected chi connectivity index (χ1v) is 11.2. The van der Waals surface area contributed by atoms with E-state index in [2.05, 4.69) is 26.2 Å². The maximum Gasteiger partial charge on any atom is 0.253 e. The normalized spacial score (nSPS) is 14.8. The van der Waals surface area contributed by atoms with Crippen LogP contribution in [0.5, 0.6) is 5.75 Å². The first-order chi connectivity index (χ1) is 14.1. The third kappa shape index (κ3) is 4.86. The largest absolute Gasteiger partial charge is 0.497 e. The first-order valence-electron chi connectivity index (χ1n) is 9.48. The molecule has 2 heterocycles. The topological polar surface area (TPSA) is 45.7 Å². The van der Waals surface area contributed by atoms with Crippen molar-refractivity contribution < 1.29 is 9.53 Å². The monoisotopic (exact) mass is 471 g/mol. The van der Waals surface area contributed by atoms with Crippen LogP contribution in [0.2, 0.25) is 0 Å². The number of carbonyl (C=O) groups is 1. The van der Waals surface area contributed by atoms with Crippen molar-refractivity contribution in [2.24, 2.45) is 0 Å². The maximum absolute atomic E-state index is 12.7. The Hall–Kier alpha value is -2.22. The number of thiazole rings is 1. The summed E-state index contributed by atoms with van der Waals surface area (Å²) < 4.78 is 6.23. The van der Waals surface area contributed by atoms with Crippen molar-refractivity contribution in [1.82, 2.24) is 14.8 Å². The quantitative estimate of drug-likeness (QED) is 0.547. The van der Waals surface area contributed by atoms with E-state index in [1.165, 1.54) is 0 Å². The Labute approximate surface area is 183 Å². The van der Waals surface area contributed by atoms with E-state index in [-0.39, 0.29) is 5.91 Å². The molecule has 1 aliphatic heterocycles. The van der Waals surface area contributed by atoms with Gasteiger partial charge in [0, 0.05) is 47.2 Å². The van der Waals surface area contributed by atoms with Crippen LogP contribution in [0, 0.1) is 0 Å². The van der Waals surface area contributed by atoms with E-state index in [1.54, 1.807) is 18.4 Å². The zero-order chi connectivity index (χ0) is 20.2. The van der Waals surface area contributed by atoms with Gasteiger partial charge in [0.15, 0.2) is 0 Å². The van der Waals surface area contributed by atoms with Gasteiger partial charge in [0.1, 0.15) is 10.8 Å². The molecule has 1 amide bonds. The van der Waals surface area contributed by atoms with Gasteiger partial charge in [-0.25, -0.2) is 4.98 Å². The second-order valence-electron chi connectivity index (χ2n) is 6.94. The lowest BCUT2D eigenvalue weighted by molar-refractivity contribution is 0.0628. The fraction of sp³-hybridized carbons (Fsp3) is 0.273. The van der Waals surface area contributed by atoms with Crippen LogP contribution in [0.1, 0.15) is 15.4 Å². The number of halogens is 1. The lowest BCUT2D eigenvalue weighted by atomic mass is 10.1. The molecule has 1 aliphatic rings. The van der Waals surface area contributed by atoms with Gasteiger partial charge in [-0.3, -0.25) is 9.69 Å². The Bertz CT molecular complexity index is 999. The molecule has 150 valence electrons. The lowest BCUT2D eigenvalue weighted by Gasteiger charge is -2.34. The summed E-state index contributed by atoms with van der Waals surface area (Å²) in [5.74, 6) is 0.934. The number of aromatic nitrogens is 1. The van der Waals surface area contributed by atoms with E-state index in [0.29, 0.717) is 0 Å². The lowest BCUT2D eigenvalue weighted by Crippen LogP contribution is -2.48. The zero-order valence-electron chi connectivity index (χ0n) is 16.2. The van der Waals surface area contributed by atoms with Gasteiger partial charge < -0.3 is 9.64 Å². The molecular weight excluding hydrogens is 450 g/mol. The number of hydrogen-bond acceptors (Lipinski definition) is 5. The third-order valence-corrected chi connectivity index (χ3v) is 6.33. The molecular formula is C22H22BrN3O2S. The smallest absolute Gasteiger partial charge is 0.253 e. The van der Waals surface area contributed by atoms with E-state index in [4.69, 9.17) is 9.72 Å². The van der Waals surface area contributed by atoms with E-state index < -0.39 is 0 Å². The SMILES string of the molecule is COc1cccc(-c2csc(CN3CCN(C(=O)c4cccc(Br)c4)CC3)n2)c1. The molecule has 1 fully saturated rings. The van der Waals surface area contributed by atoms with Crippen molar-refractivity contribution in [1.29, 1.82) is 0 Å². The third-order valence-electron chi connectivity index (χ3n) is 5.01. The molecule has 1 aromatic heterocycles. The molecule has 3 aromatic rings. The van der Waals surface area contributed by atoms with E-state index >= 15 is 0 Å². The number of piperazine rings is 1. The summed E-state index contributed by atoms with van der Waals surface area (Å²) in [4.78, 5) is 21.8. The van der Waals surface area contributed by atoms with Crippen LogP contribution in [0.3, 0.4) is 0 Å².